The molecular formula is C12H10ClN5O3. The third-order valence-corrected chi connectivity index (χ3v) is 2.75. The van der Waals surface area contributed by atoms with E-state index >= 15 is 0 Å². The summed E-state index contributed by atoms with van der Waals surface area (Å²) >= 11 is 5.92. The first-order chi connectivity index (χ1) is 9.86. The number of benzene rings is 1. The molecular weight excluding hydrogens is 298 g/mol. The van der Waals surface area contributed by atoms with Crippen LogP contribution in [0.3, 0.4) is 0 Å². The molecule has 0 bridgehead atoms. The Balaban J connectivity index is 2.40. The smallest absolute Gasteiger partial charge is 0.322 e. The number of hydrogen-bond donors (Lipinski definition) is 2. The lowest BCUT2D eigenvalue weighted by molar-refractivity contribution is -0.384. The highest BCUT2D eigenvalue weighted by molar-refractivity contribution is 6.32. The maximum absolute atomic E-state index is 10.7. The molecule has 1 aromatic heterocycles. The number of halogens is 1. The summed E-state index contributed by atoms with van der Waals surface area (Å²) in [6.45, 7) is 1.68. The zero-order valence-electron chi connectivity index (χ0n) is 10.8. The fourth-order valence-corrected chi connectivity index (χ4v) is 1.66. The third kappa shape index (κ3) is 3.42. The third-order valence-electron chi connectivity index (χ3n) is 2.44. The Labute approximate surface area is 124 Å². The van der Waals surface area contributed by atoms with Gasteiger partial charge in [0, 0.05) is 11.8 Å². The van der Waals surface area contributed by atoms with Crippen LogP contribution in [0.1, 0.15) is 11.4 Å². The van der Waals surface area contributed by atoms with Crippen LogP contribution in [0.25, 0.3) is 0 Å². The topological polar surface area (TPSA) is 128 Å². The standard InChI is InChI=1S/C12H10ClN5O3/c1-6-4-9(11(14)15)17-12(16-6)21-10-5-7(18(19)20)2-3-8(10)13/h2-5H,1H3,(H3,14,15). The van der Waals surface area contributed by atoms with Gasteiger partial charge in [-0.15, -0.1) is 0 Å². The fraction of sp³-hybridized carbons (Fsp3) is 0.0833. The van der Waals surface area contributed by atoms with Crippen LogP contribution in [0.5, 0.6) is 11.8 Å². The van der Waals surface area contributed by atoms with Crippen molar-refractivity contribution in [3.05, 3.63) is 50.8 Å². The molecule has 0 radical (unpaired) electrons. The van der Waals surface area contributed by atoms with Gasteiger partial charge in [-0.1, -0.05) is 11.6 Å². The van der Waals surface area contributed by atoms with E-state index in [4.69, 9.17) is 27.5 Å². The second kappa shape index (κ2) is 5.71. The molecule has 0 saturated carbocycles. The van der Waals surface area contributed by atoms with E-state index in [-0.39, 0.29) is 34.0 Å². The Morgan fingerprint density at radius 3 is 2.76 bits per heavy atom. The van der Waals surface area contributed by atoms with Gasteiger partial charge in [0.05, 0.1) is 16.0 Å². The van der Waals surface area contributed by atoms with Crippen LogP contribution < -0.4 is 10.5 Å². The summed E-state index contributed by atoms with van der Waals surface area (Å²) in [5, 5.41) is 18.3. The minimum atomic E-state index is -0.568. The first-order valence-corrected chi connectivity index (χ1v) is 6.06. The van der Waals surface area contributed by atoms with Gasteiger partial charge in [-0.3, -0.25) is 15.5 Å². The first-order valence-electron chi connectivity index (χ1n) is 5.68. The monoisotopic (exact) mass is 307 g/mol. The molecule has 21 heavy (non-hydrogen) atoms. The molecule has 1 aromatic carbocycles. The number of nitrogen functional groups attached to an aromatic ring is 1. The normalized spacial score (nSPS) is 10.2. The molecule has 0 fully saturated rings. The van der Waals surface area contributed by atoms with E-state index in [2.05, 4.69) is 9.97 Å². The van der Waals surface area contributed by atoms with Crippen molar-refractivity contribution in [2.75, 3.05) is 0 Å². The van der Waals surface area contributed by atoms with Crippen LogP contribution in [0.15, 0.2) is 24.3 Å². The summed E-state index contributed by atoms with van der Waals surface area (Å²) in [6.07, 6.45) is 0. The maximum atomic E-state index is 10.7. The number of nitro groups is 1. The number of non-ortho nitro benzene ring substituents is 1. The zero-order valence-corrected chi connectivity index (χ0v) is 11.6. The quantitative estimate of drug-likeness (QED) is 0.386. The summed E-state index contributed by atoms with van der Waals surface area (Å²) in [7, 11) is 0. The van der Waals surface area contributed by atoms with Gasteiger partial charge in [0.2, 0.25) is 0 Å². The Hall–Kier alpha value is -2.74. The predicted molar refractivity (Wildman–Crippen MR) is 76.0 cm³/mol. The predicted octanol–water partition coefficient (Wildman–Crippen LogP) is 2.42. The van der Waals surface area contributed by atoms with Gasteiger partial charge in [0.25, 0.3) is 5.69 Å². The Morgan fingerprint density at radius 1 is 1.43 bits per heavy atom. The molecule has 8 nitrogen and oxygen atoms in total. The van der Waals surface area contributed by atoms with E-state index in [1.807, 2.05) is 0 Å². The second-order valence-electron chi connectivity index (χ2n) is 4.06. The van der Waals surface area contributed by atoms with E-state index in [0.717, 1.165) is 0 Å². The van der Waals surface area contributed by atoms with Gasteiger partial charge < -0.3 is 10.5 Å². The first kappa shape index (κ1) is 14.7. The van der Waals surface area contributed by atoms with E-state index in [1.165, 1.54) is 24.3 Å². The van der Waals surface area contributed by atoms with Crippen LogP contribution in [0.4, 0.5) is 5.69 Å². The highest BCUT2D eigenvalue weighted by Crippen LogP contribution is 2.31. The fourth-order valence-electron chi connectivity index (χ4n) is 1.51. The number of rotatable bonds is 4. The lowest BCUT2D eigenvalue weighted by Gasteiger charge is -2.07. The van der Waals surface area contributed by atoms with Crippen molar-refractivity contribution >= 4 is 23.1 Å². The Bertz CT molecular complexity index is 735. The number of amidine groups is 1. The molecule has 0 saturated heterocycles. The van der Waals surface area contributed by atoms with Crippen molar-refractivity contribution in [3.63, 3.8) is 0 Å². The van der Waals surface area contributed by atoms with Crippen molar-refractivity contribution in [1.82, 2.24) is 9.97 Å². The Morgan fingerprint density at radius 2 is 2.14 bits per heavy atom. The van der Waals surface area contributed by atoms with E-state index in [1.54, 1.807) is 6.92 Å². The molecule has 0 atom stereocenters. The van der Waals surface area contributed by atoms with Crippen molar-refractivity contribution in [3.8, 4) is 11.8 Å². The molecule has 3 N–H and O–H groups in total. The molecule has 108 valence electrons. The van der Waals surface area contributed by atoms with Crippen LogP contribution >= 0.6 is 11.6 Å². The van der Waals surface area contributed by atoms with Crippen molar-refractivity contribution in [2.45, 2.75) is 6.92 Å². The summed E-state index contributed by atoms with van der Waals surface area (Å²) in [5.74, 6) is -0.193. The molecule has 9 heteroatoms. The lowest BCUT2D eigenvalue weighted by Crippen LogP contribution is -2.14. The number of nitrogens with zero attached hydrogens (tertiary/aromatic N) is 3. The number of aromatic nitrogens is 2. The molecule has 2 aromatic rings. The van der Waals surface area contributed by atoms with Crippen LogP contribution in [0, 0.1) is 22.4 Å². The van der Waals surface area contributed by atoms with E-state index in [9.17, 15) is 10.1 Å². The Kier molecular flexibility index (Phi) is 3.99. The van der Waals surface area contributed by atoms with Crippen LogP contribution in [-0.2, 0) is 0 Å². The van der Waals surface area contributed by atoms with E-state index in [0.29, 0.717) is 5.69 Å². The summed E-state index contributed by atoms with van der Waals surface area (Å²) in [6, 6.07) is 5.19. The zero-order chi connectivity index (χ0) is 15.6. The minimum absolute atomic E-state index is 0.0472. The van der Waals surface area contributed by atoms with Crippen LogP contribution in [-0.4, -0.2) is 20.7 Å². The molecule has 0 aliphatic rings. The number of ether oxygens (including phenoxy) is 1. The molecule has 1 heterocycles. The number of nitro benzene ring substituents is 1. The molecule has 0 amide bonds. The molecule has 2 rings (SSSR count). The number of hydrogen-bond acceptors (Lipinski definition) is 6. The lowest BCUT2D eigenvalue weighted by atomic mass is 10.3. The summed E-state index contributed by atoms with van der Waals surface area (Å²) in [5.41, 5.74) is 5.92. The van der Waals surface area contributed by atoms with Gasteiger partial charge in [0.1, 0.15) is 11.5 Å². The minimum Gasteiger partial charge on any atom is -0.422 e. The number of nitrogens with one attached hydrogen (secondary N) is 1. The van der Waals surface area contributed by atoms with Gasteiger partial charge in [-0.2, -0.15) is 4.98 Å². The molecule has 0 unspecified atom stereocenters. The van der Waals surface area contributed by atoms with Gasteiger partial charge in [0.15, 0.2) is 5.75 Å². The molecule has 0 aliphatic heterocycles. The van der Waals surface area contributed by atoms with Gasteiger partial charge >= 0.3 is 6.01 Å². The summed E-state index contributed by atoms with van der Waals surface area (Å²) in [4.78, 5) is 18.1. The largest absolute Gasteiger partial charge is 0.422 e. The van der Waals surface area contributed by atoms with Gasteiger partial charge in [-0.25, -0.2) is 4.98 Å². The number of aryl methyl sites for hydroxylation is 1. The highest BCUT2D eigenvalue weighted by atomic mass is 35.5. The maximum Gasteiger partial charge on any atom is 0.322 e. The highest BCUT2D eigenvalue weighted by Gasteiger charge is 2.14. The second-order valence-corrected chi connectivity index (χ2v) is 4.47. The molecule has 0 aliphatic carbocycles. The SMILES string of the molecule is Cc1cc(C(=N)N)nc(Oc2cc([N+](=O)[O-])ccc2Cl)n1. The van der Waals surface area contributed by atoms with Crippen LogP contribution in [0.2, 0.25) is 5.02 Å². The summed E-state index contributed by atoms with van der Waals surface area (Å²) < 4.78 is 5.36. The van der Waals surface area contributed by atoms with Crippen molar-refractivity contribution in [2.24, 2.45) is 5.73 Å². The van der Waals surface area contributed by atoms with E-state index < -0.39 is 4.92 Å². The van der Waals surface area contributed by atoms with Gasteiger partial charge in [-0.05, 0) is 19.1 Å². The molecule has 0 spiro atoms. The number of nitrogens with two attached hydrogens (primary N) is 1. The van der Waals surface area contributed by atoms with Crippen molar-refractivity contribution in [1.29, 1.82) is 5.41 Å². The average molecular weight is 308 g/mol. The average Bonchev–Trinajstić information content (AvgIpc) is 2.40. The van der Waals surface area contributed by atoms with Crippen molar-refractivity contribution < 1.29 is 9.66 Å².